The van der Waals surface area contributed by atoms with Crippen LogP contribution in [0.2, 0.25) is 0 Å². The molecule has 21 heavy (non-hydrogen) atoms. The second-order valence-electron chi connectivity index (χ2n) is 6.39. The largest absolute Gasteiger partial charge is 0.486 e. The van der Waals surface area contributed by atoms with Gasteiger partial charge in [0.05, 0.1) is 0 Å². The van der Waals surface area contributed by atoms with Gasteiger partial charge in [0, 0.05) is 18.1 Å². The number of ether oxygens (including phenoxy) is 2. The maximum Gasteiger partial charge on any atom is 0.162 e. The van der Waals surface area contributed by atoms with Gasteiger partial charge in [0.2, 0.25) is 0 Å². The van der Waals surface area contributed by atoms with Gasteiger partial charge in [0.1, 0.15) is 19.0 Å². The van der Waals surface area contributed by atoms with Gasteiger partial charge in [-0.3, -0.25) is 0 Å². The van der Waals surface area contributed by atoms with E-state index in [-0.39, 0.29) is 0 Å². The summed E-state index contributed by atoms with van der Waals surface area (Å²) in [5, 5.41) is 5.77. The molecular formula is C17H20N2O2. The van der Waals surface area contributed by atoms with Crippen LogP contribution in [0.15, 0.2) is 24.4 Å². The van der Waals surface area contributed by atoms with Crippen LogP contribution in [0.1, 0.15) is 26.2 Å². The predicted octanol–water partition coefficient (Wildman–Crippen LogP) is 3.61. The van der Waals surface area contributed by atoms with Crippen molar-refractivity contribution < 1.29 is 9.47 Å². The molecule has 2 aromatic rings. The Bertz CT molecular complexity index is 680. The van der Waals surface area contributed by atoms with E-state index in [4.69, 9.17) is 9.47 Å². The maximum atomic E-state index is 5.68. The molecule has 1 N–H and O–H groups in total. The highest BCUT2D eigenvalue weighted by molar-refractivity contribution is 5.94. The van der Waals surface area contributed by atoms with Crippen molar-refractivity contribution in [3.63, 3.8) is 0 Å². The van der Waals surface area contributed by atoms with Crippen LogP contribution in [0.4, 0.5) is 5.82 Å². The number of hydrogen-bond acceptors (Lipinski definition) is 4. The first-order valence-electron chi connectivity index (χ1n) is 7.66. The Morgan fingerprint density at radius 1 is 1.19 bits per heavy atom. The van der Waals surface area contributed by atoms with Crippen LogP contribution in [0.5, 0.6) is 11.5 Å². The molecule has 2 heterocycles. The van der Waals surface area contributed by atoms with E-state index in [2.05, 4.69) is 17.2 Å². The van der Waals surface area contributed by atoms with Crippen molar-refractivity contribution in [1.82, 2.24) is 4.98 Å². The fraction of sp³-hybridized carbons (Fsp3) is 0.471. The number of nitrogens with one attached hydrogen (secondary N) is 1. The molecule has 1 aromatic heterocycles. The second-order valence-corrected chi connectivity index (χ2v) is 6.39. The fourth-order valence-corrected chi connectivity index (χ4v) is 3.10. The molecule has 0 unspecified atom stereocenters. The number of anilines is 1. The normalized spacial score (nSPS) is 19.1. The van der Waals surface area contributed by atoms with E-state index in [1.54, 1.807) is 0 Å². The van der Waals surface area contributed by atoms with Crippen molar-refractivity contribution >= 4 is 16.6 Å². The molecule has 1 aliphatic carbocycles. The molecule has 1 aromatic carbocycles. The Labute approximate surface area is 124 Å². The minimum Gasteiger partial charge on any atom is -0.486 e. The highest BCUT2D eigenvalue weighted by atomic mass is 16.6. The van der Waals surface area contributed by atoms with Crippen LogP contribution < -0.4 is 14.8 Å². The summed E-state index contributed by atoms with van der Waals surface area (Å²) in [6.45, 7) is 4.55. The highest BCUT2D eigenvalue weighted by Gasteiger charge is 2.31. The van der Waals surface area contributed by atoms with Gasteiger partial charge in [0.25, 0.3) is 0 Å². The lowest BCUT2D eigenvalue weighted by atomic mass is 9.70. The number of aromatic nitrogens is 1. The number of fused-ring (bicyclic) bond motifs is 2. The van der Waals surface area contributed by atoms with Crippen molar-refractivity contribution in [2.45, 2.75) is 26.2 Å². The number of rotatable bonds is 3. The molecule has 1 aliphatic heterocycles. The molecule has 4 nitrogen and oxygen atoms in total. The van der Waals surface area contributed by atoms with E-state index >= 15 is 0 Å². The van der Waals surface area contributed by atoms with E-state index in [1.165, 1.54) is 19.3 Å². The summed E-state index contributed by atoms with van der Waals surface area (Å²) in [7, 11) is 0. The third kappa shape index (κ3) is 2.28. The highest BCUT2D eigenvalue weighted by Crippen LogP contribution is 2.41. The number of benzene rings is 1. The van der Waals surface area contributed by atoms with E-state index in [0.29, 0.717) is 18.6 Å². The van der Waals surface area contributed by atoms with Crippen molar-refractivity contribution in [3.05, 3.63) is 24.4 Å². The summed E-state index contributed by atoms with van der Waals surface area (Å²) in [6, 6.07) is 6.10. The SMILES string of the molecule is CC1(CNc2nccc3cc4c(cc23)OCCO4)CCC1. The minimum absolute atomic E-state index is 0.428. The molecular weight excluding hydrogens is 264 g/mol. The minimum atomic E-state index is 0.428. The molecule has 1 saturated carbocycles. The smallest absolute Gasteiger partial charge is 0.162 e. The molecule has 4 rings (SSSR count). The molecule has 2 aliphatic rings. The summed E-state index contributed by atoms with van der Waals surface area (Å²) in [6.07, 6.45) is 5.80. The molecule has 4 heteroatoms. The number of hydrogen-bond donors (Lipinski definition) is 1. The van der Waals surface area contributed by atoms with Crippen LogP contribution in [0.3, 0.4) is 0 Å². The first-order chi connectivity index (χ1) is 10.2. The zero-order valence-electron chi connectivity index (χ0n) is 12.3. The van der Waals surface area contributed by atoms with Crippen LogP contribution in [0.25, 0.3) is 10.8 Å². The molecule has 0 atom stereocenters. The Morgan fingerprint density at radius 3 is 2.67 bits per heavy atom. The first-order valence-corrected chi connectivity index (χ1v) is 7.66. The van der Waals surface area contributed by atoms with Gasteiger partial charge in [-0.25, -0.2) is 4.98 Å². The van der Waals surface area contributed by atoms with E-state index in [9.17, 15) is 0 Å². The molecule has 0 radical (unpaired) electrons. The summed E-state index contributed by atoms with van der Waals surface area (Å²) < 4.78 is 11.3. The van der Waals surface area contributed by atoms with Crippen molar-refractivity contribution in [1.29, 1.82) is 0 Å². The van der Waals surface area contributed by atoms with Gasteiger partial charge in [-0.05, 0) is 41.8 Å². The van der Waals surface area contributed by atoms with Gasteiger partial charge in [-0.1, -0.05) is 13.3 Å². The zero-order valence-corrected chi connectivity index (χ0v) is 12.3. The molecule has 0 spiro atoms. The predicted molar refractivity (Wildman–Crippen MR) is 83.2 cm³/mol. The average molecular weight is 284 g/mol. The van der Waals surface area contributed by atoms with Crippen LogP contribution in [-0.2, 0) is 0 Å². The van der Waals surface area contributed by atoms with Crippen molar-refractivity contribution in [2.75, 3.05) is 25.1 Å². The average Bonchev–Trinajstić information content (AvgIpc) is 2.49. The summed E-state index contributed by atoms with van der Waals surface area (Å²) >= 11 is 0. The second kappa shape index (κ2) is 4.79. The van der Waals surface area contributed by atoms with E-state index in [0.717, 1.165) is 34.6 Å². The zero-order chi connectivity index (χ0) is 14.3. The third-order valence-electron chi connectivity index (χ3n) is 4.67. The van der Waals surface area contributed by atoms with Gasteiger partial charge < -0.3 is 14.8 Å². The number of nitrogens with zero attached hydrogens (tertiary/aromatic N) is 1. The quantitative estimate of drug-likeness (QED) is 0.935. The number of pyridine rings is 1. The lowest BCUT2D eigenvalue weighted by Crippen LogP contribution is -2.33. The van der Waals surface area contributed by atoms with Gasteiger partial charge >= 0.3 is 0 Å². The monoisotopic (exact) mass is 284 g/mol. The summed E-state index contributed by atoms with van der Waals surface area (Å²) in [4.78, 5) is 4.51. The lowest BCUT2D eigenvalue weighted by molar-refractivity contribution is 0.172. The Balaban J connectivity index is 1.68. The van der Waals surface area contributed by atoms with Gasteiger partial charge in [-0.15, -0.1) is 0 Å². The topological polar surface area (TPSA) is 43.4 Å². The standard InChI is InChI=1S/C17H20N2O2/c1-17(4-2-5-17)11-19-16-13-10-15-14(20-7-8-21-15)9-12(13)3-6-18-16/h3,6,9-10H,2,4-5,7-8,11H2,1H3,(H,18,19). The third-order valence-corrected chi connectivity index (χ3v) is 4.67. The van der Waals surface area contributed by atoms with E-state index < -0.39 is 0 Å². The van der Waals surface area contributed by atoms with Gasteiger partial charge in [-0.2, -0.15) is 0 Å². The summed E-state index contributed by atoms with van der Waals surface area (Å²) in [5.74, 6) is 2.59. The Hall–Kier alpha value is -1.97. The molecule has 0 bridgehead atoms. The van der Waals surface area contributed by atoms with Crippen molar-refractivity contribution in [3.8, 4) is 11.5 Å². The lowest BCUT2D eigenvalue weighted by Gasteiger charge is -2.38. The fourth-order valence-electron chi connectivity index (χ4n) is 3.10. The van der Waals surface area contributed by atoms with Crippen LogP contribution in [0, 0.1) is 5.41 Å². The van der Waals surface area contributed by atoms with Crippen LogP contribution >= 0.6 is 0 Å². The Kier molecular flexibility index (Phi) is 2.91. The van der Waals surface area contributed by atoms with Crippen LogP contribution in [-0.4, -0.2) is 24.7 Å². The van der Waals surface area contributed by atoms with Crippen molar-refractivity contribution in [2.24, 2.45) is 5.41 Å². The Morgan fingerprint density at radius 2 is 1.95 bits per heavy atom. The molecule has 110 valence electrons. The summed E-state index contributed by atoms with van der Waals surface area (Å²) in [5.41, 5.74) is 0.428. The van der Waals surface area contributed by atoms with Gasteiger partial charge in [0.15, 0.2) is 11.5 Å². The molecule has 0 saturated heterocycles. The molecule has 0 amide bonds. The van der Waals surface area contributed by atoms with E-state index in [1.807, 2.05) is 24.4 Å². The molecule has 1 fully saturated rings. The maximum absolute atomic E-state index is 5.68. The first kappa shape index (κ1) is 12.7.